The SMILES string of the molecule is [O-][N+](=Nc1cc(-c2ccccc2)nc(-c2ccccc2)n1)c1cc(-c2ccccc2)nc(-c2ccccc2)n1. The van der Waals surface area contributed by atoms with Gasteiger partial charge in [-0.3, -0.25) is 0 Å². The third-order valence-electron chi connectivity index (χ3n) is 6.02. The maximum atomic E-state index is 13.5. The molecule has 2 heterocycles. The van der Waals surface area contributed by atoms with Gasteiger partial charge in [0.1, 0.15) is 0 Å². The zero-order chi connectivity index (χ0) is 26.4. The van der Waals surface area contributed by atoms with Crippen molar-refractivity contribution in [2.45, 2.75) is 0 Å². The van der Waals surface area contributed by atoms with Crippen molar-refractivity contribution in [1.82, 2.24) is 19.9 Å². The number of hydrogen-bond donors (Lipinski definition) is 0. The van der Waals surface area contributed by atoms with Crippen molar-refractivity contribution >= 4 is 11.6 Å². The molecule has 6 rings (SSSR count). The van der Waals surface area contributed by atoms with Gasteiger partial charge in [0.2, 0.25) is 0 Å². The third-order valence-corrected chi connectivity index (χ3v) is 6.02. The smallest absolute Gasteiger partial charge is 0.351 e. The summed E-state index contributed by atoms with van der Waals surface area (Å²) < 4.78 is 0. The fourth-order valence-corrected chi connectivity index (χ4v) is 4.11. The first kappa shape index (κ1) is 23.8. The highest BCUT2D eigenvalue weighted by atomic mass is 16.5. The molecule has 0 bridgehead atoms. The summed E-state index contributed by atoms with van der Waals surface area (Å²) >= 11 is 0. The summed E-state index contributed by atoms with van der Waals surface area (Å²) in [4.78, 5) is 19.1. The first-order chi connectivity index (χ1) is 19.2. The third kappa shape index (κ3) is 5.42. The zero-order valence-electron chi connectivity index (χ0n) is 20.8. The average molecular weight is 507 g/mol. The molecule has 6 aromatic rings. The zero-order valence-corrected chi connectivity index (χ0v) is 20.8. The lowest BCUT2D eigenvalue weighted by atomic mass is 10.1. The van der Waals surface area contributed by atoms with E-state index in [2.05, 4.69) is 15.1 Å². The summed E-state index contributed by atoms with van der Waals surface area (Å²) in [5.74, 6) is 1.23. The molecule has 7 heteroatoms. The second-order valence-electron chi connectivity index (χ2n) is 8.71. The van der Waals surface area contributed by atoms with Crippen LogP contribution in [-0.2, 0) is 0 Å². The summed E-state index contributed by atoms with van der Waals surface area (Å²) in [6.07, 6.45) is 0. The highest BCUT2D eigenvalue weighted by Crippen LogP contribution is 2.28. The van der Waals surface area contributed by atoms with Crippen LogP contribution in [0.4, 0.5) is 11.6 Å². The van der Waals surface area contributed by atoms with Crippen molar-refractivity contribution in [1.29, 1.82) is 0 Å². The van der Waals surface area contributed by atoms with Crippen LogP contribution >= 0.6 is 0 Å². The van der Waals surface area contributed by atoms with E-state index in [1.807, 2.05) is 121 Å². The van der Waals surface area contributed by atoms with Crippen LogP contribution in [0.1, 0.15) is 0 Å². The van der Waals surface area contributed by atoms with E-state index in [1.165, 1.54) is 0 Å². The van der Waals surface area contributed by atoms with Gasteiger partial charge in [-0.15, -0.1) is 4.86 Å². The molecule has 2 aromatic heterocycles. The van der Waals surface area contributed by atoms with Gasteiger partial charge >= 0.3 is 5.82 Å². The van der Waals surface area contributed by atoms with Gasteiger partial charge in [-0.05, 0) is 17.1 Å². The summed E-state index contributed by atoms with van der Waals surface area (Å²) in [7, 11) is 0. The normalized spacial score (nSPS) is 11.3. The first-order valence-electron chi connectivity index (χ1n) is 12.4. The van der Waals surface area contributed by atoms with Gasteiger partial charge in [-0.1, -0.05) is 114 Å². The van der Waals surface area contributed by atoms with Crippen LogP contribution in [-0.4, -0.2) is 24.8 Å². The predicted octanol–water partition coefficient (Wildman–Crippen LogP) is 7.86. The molecule has 0 amide bonds. The maximum absolute atomic E-state index is 13.5. The number of benzene rings is 4. The van der Waals surface area contributed by atoms with E-state index in [-0.39, 0.29) is 11.6 Å². The molecule has 4 aromatic carbocycles. The topological polar surface area (TPSA) is 90.0 Å². The Hall–Kier alpha value is -5.56. The predicted molar refractivity (Wildman–Crippen MR) is 151 cm³/mol. The summed E-state index contributed by atoms with van der Waals surface area (Å²) in [6.45, 7) is 0. The number of nitrogens with zero attached hydrogens (tertiary/aromatic N) is 6. The fourth-order valence-electron chi connectivity index (χ4n) is 4.11. The van der Waals surface area contributed by atoms with Gasteiger partial charge in [0, 0.05) is 28.3 Å². The van der Waals surface area contributed by atoms with E-state index in [1.54, 1.807) is 12.1 Å². The molecule has 0 aliphatic carbocycles. The van der Waals surface area contributed by atoms with Crippen LogP contribution in [0, 0.1) is 5.21 Å². The number of rotatable bonds is 6. The Balaban J connectivity index is 1.48. The molecule has 0 saturated carbocycles. The molecule has 0 saturated heterocycles. The Kier molecular flexibility index (Phi) is 6.61. The van der Waals surface area contributed by atoms with E-state index in [0.29, 0.717) is 27.9 Å². The Morgan fingerprint density at radius 3 is 1.36 bits per heavy atom. The Morgan fingerprint density at radius 1 is 0.462 bits per heavy atom. The molecule has 0 fully saturated rings. The summed E-state index contributed by atoms with van der Waals surface area (Å²) in [5.41, 5.74) is 4.66. The minimum Gasteiger partial charge on any atom is -0.690 e. The Morgan fingerprint density at radius 2 is 0.872 bits per heavy atom. The van der Waals surface area contributed by atoms with E-state index < -0.39 is 0 Å². The van der Waals surface area contributed by atoms with Gasteiger partial charge < -0.3 is 5.21 Å². The molecule has 0 spiro atoms. The lowest BCUT2D eigenvalue weighted by Crippen LogP contribution is -2.01. The van der Waals surface area contributed by atoms with Crippen LogP contribution < -0.4 is 0 Å². The number of hydrogen-bond acceptors (Lipinski definition) is 6. The van der Waals surface area contributed by atoms with Crippen molar-refractivity contribution < 1.29 is 4.86 Å². The molecule has 0 unspecified atom stereocenters. The fraction of sp³-hybridized carbons (Fsp3) is 0. The van der Waals surface area contributed by atoms with Crippen LogP contribution in [0.15, 0.2) is 139 Å². The van der Waals surface area contributed by atoms with E-state index in [0.717, 1.165) is 22.3 Å². The molecule has 0 aliphatic heterocycles. The molecular weight excluding hydrogens is 484 g/mol. The van der Waals surface area contributed by atoms with E-state index in [4.69, 9.17) is 9.97 Å². The minimum absolute atomic E-state index is 0.101. The average Bonchev–Trinajstić information content (AvgIpc) is 3.02. The van der Waals surface area contributed by atoms with Crippen LogP contribution in [0.2, 0.25) is 0 Å². The van der Waals surface area contributed by atoms with Gasteiger partial charge in [-0.25, -0.2) is 15.0 Å². The van der Waals surface area contributed by atoms with Crippen LogP contribution in [0.3, 0.4) is 0 Å². The minimum atomic E-state index is 0.101. The van der Waals surface area contributed by atoms with Crippen molar-refractivity contribution in [3.05, 3.63) is 139 Å². The Bertz CT molecular complexity index is 1630. The van der Waals surface area contributed by atoms with Crippen molar-refractivity contribution in [2.75, 3.05) is 0 Å². The number of azo groups is 1. The highest BCUT2D eigenvalue weighted by Gasteiger charge is 2.18. The largest absolute Gasteiger partial charge is 0.690 e. The first-order valence-corrected chi connectivity index (χ1v) is 12.4. The quantitative estimate of drug-likeness (QED) is 0.130. The van der Waals surface area contributed by atoms with Crippen molar-refractivity contribution in [3.63, 3.8) is 0 Å². The molecule has 0 radical (unpaired) electrons. The van der Waals surface area contributed by atoms with Gasteiger partial charge in [0.25, 0.3) is 5.82 Å². The second kappa shape index (κ2) is 10.8. The summed E-state index contributed by atoms with van der Waals surface area (Å²) in [5, 5.41) is 17.8. The standard InChI is InChI=1S/C32H22N6O/c39-38(30-22-28(24-15-7-2-8-16-24)34-32(36-30)26-19-11-4-12-20-26)37-29-21-27(23-13-5-1-6-14-23)33-31(35-29)25-17-9-3-10-18-25/h1-22H. The van der Waals surface area contributed by atoms with Crippen molar-refractivity contribution in [2.24, 2.45) is 5.11 Å². The maximum Gasteiger partial charge on any atom is 0.351 e. The molecular formula is C32H22N6O. The monoisotopic (exact) mass is 506 g/mol. The van der Waals surface area contributed by atoms with Crippen molar-refractivity contribution in [3.8, 4) is 45.3 Å². The second-order valence-corrected chi connectivity index (χ2v) is 8.71. The number of aromatic nitrogens is 4. The van der Waals surface area contributed by atoms with Crippen LogP contribution in [0.5, 0.6) is 0 Å². The van der Waals surface area contributed by atoms with Gasteiger partial charge in [-0.2, -0.15) is 0 Å². The Labute approximate surface area is 225 Å². The van der Waals surface area contributed by atoms with Crippen LogP contribution in [0.25, 0.3) is 45.3 Å². The van der Waals surface area contributed by atoms with Gasteiger partial charge in [0.15, 0.2) is 11.6 Å². The van der Waals surface area contributed by atoms with E-state index >= 15 is 0 Å². The molecule has 0 aliphatic rings. The lowest BCUT2D eigenvalue weighted by molar-refractivity contribution is -0.439. The molecule has 39 heavy (non-hydrogen) atoms. The molecule has 186 valence electrons. The highest BCUT2D eigenvalue weighted by molar-refractivity contribution is 5.67. The van der Waals surface area contributed by atoms with E-state index in [9.17, 15) is 5.21 Å². The molecule has 0 atom stereocenters. The molecule has 0 N–H and O–H groups in total. The van der Waals surface area contributed by atoms with Gasteiger partial charge in [0.05, 0.1) is 17.5 Å². The lowest BCUT2D eigenvalue weighted by Gasteiger charge is -2.09. The molecule has 7 nitrogen and oxygen atoms in total. The summed E-state index contributed by atoms with van der Waals surface area (Å²) in [6, 6.07) is 41.9.